The third kappa shape index (κ3) is 3.05. The minimum absolute atomic E-state index is 0.0132. The number of nitro groups is 1. The fourth-order valence-corrected chi connectivity index (χ4v) is 1.99. The van der Waals surface area contributed by atoms with Gasteiger partial charge in [0.15, 0.2) is 5.75 Å². The van der Waals surface area contributed by atoms with E-state index >= 15 is 0 Å². The Morgan fingerprint density at radius 1 is 1.50 bits per heavy atom. The molecule has 0 aliphatic carbocycles. The van der Waals surface area contributed by atoms with Crippen LogP contribution in [0.4, 0.5) is 11.4 Å². The second-order valence-electron chi connectivity index (χ2n) is 4.39. The Morgan fingerprint density at radius 3 is 2.90 bits per heavy atom. The molecule has 1 heterocycles. The Balaban J connectivity index is 2.18. The highest BCUT2D eigenvalue weighted by Gasteiger charge is 2.21. The molecule has 1 unspecified atom stereocenters. The van der Waals surface area contributed by atoms with E-state index in [9.17, 15) is 10.1 Å². The van der Waals surface area contributed by atoms with Crippen molar-refractivity contribution < 1.29 is 9.66 Å². The van der Waals surface area contributed by atoms with Crippen molar-refractivity contribution in [2.75, 3.05) is 12.4 Å². The molecule has 1 N–H and O–H groups in total. The molecule has 20 heavy (non-hydrogen) atoms. The molecule has 0 radical (unpaired) electrons. The largest absolute Gasteiger partial charge is 0.490 e. The van der Waals surface area contributed by atoms with Crippen molar-refractivity contribution in [3.63, 3.8) is 0 Å². The number of aromatic nitrogens is 2. The van der Waals surface area contributed by atoms with Gasteiger partial charge in [-0.15, -0.1) is 0 Å². The molecule has 1 aromatic carbocycles. The van der Waals surface area contributed by atoms with Crippen LogP contribution in [0.1, 0.15) is 6.92 Å². The Hall–Kier alpha value is -2.57. The molecule has 1 aromatic heterocycles. The number of nitrogens with zero attached hydrogens (tertiary/aromatic N) is 3. The zero-order chi connectivity index (χ0) is 14.5. The second-order valence-corrected chi connectivity index (χ2v) is 4.39. The molecule has 7 heteroatoms. The van der Waals surface area contributed by atoms with Gasteiger partial charge < -0.3 is 10.1 Å². The minimum Gasteiger partial charge on any atom is -0.490 e. The normalized spacial score (nSPS) is 11.9. The summed E-state index contributed by atoms with van der Waals surface area (Å²) >= 11 is 0. The summed E-state index contributed by atoms with van der Waals surface area (Å²) in [5.74, 6) is 0.242. The Morgan fingerprint density at radius 2 is 2.30 bits per heavy atom. The molecule has 2 aromatic rings. The van der Waals surface area contributed by atoms with Gasteiger partial charge >= 0.3 is 5.69 Å². The molecule has 7 nitrogen and oxygen atoms in total. The third-order valence-electron chi connectivity index (χ3n) is 2.82. The van der Waals surface area contributed by atoms with Crippen molar-refractivity contribution in [1.82, 2.24) is 9.78 Å². The van der Waals surface area contributed by atoms with Gasteiger partial charge in [-0.3, -0.25) is 14.8 Å². The lowest BCUT2D eigenvalue weighted by Gasteiger charge is -2.16. The molecule has 0 spiro atoms. The van der Waals surface area contributed by atoms with E-state index in [4.69, 9.17) is 4.74 Å². The van der Waals surface area contributed by atoms with E-state index in [0.717, 1.165) is 0 Å². The van der Waals surface area contributed by atoms with Crippen LogP contribution in [0.3, 0.4) is 0 Å². The SMILES string of the molecule is COc1cccc(NC(C)Cn2cccn2)c1[N+](=O)[O-]. The highest BCUT2D eigenvalue weighted by atomic mass is 16.6. The van der Waals surface area contributed by atoms with Crippen molar-refractivity contribution in [1.29, 1.82) is 0 Å². The Kier molecular flexibility index (Phi) is 4.19. The first-order valence-corrected chi connectivity index (χ1v) is 6.17. The van der Waals surface area contributed by atoms with Crippen LogP contribution in [0.15, 0.2) is 36.7 Å². The summed E-state index contributed by atoms with van der Waals surface area (Å²) in [5, 5.41) is 18.4. The van der Waals surface area contributed by atoms with Crippen molar-refractivity contribution >= 4 is 11.4 Å². The average molecular weight is 276 g/mol. The van der Waals surface area contributed by atoms with Gasteiger partial charge in [0.25, 0.3) is 0 Å². The first kappa shape index (κ1) is 13.9. The summed E-state index contributed by atoms with van der Waals surface area (Å²) in [6.07, 6.45) is 3.54. The molecule has 0 saturated carbocycles. The van der Waals surface area contributed by atoms with Gasteiger partial charge in [0.05, 0.1) is 18.6 Å². The highest BCUT2D eigenvalue weighted by Crippen LogP contribution is 2.34. The first-order valence-electron chi connectivity index (χ1n) is 6.17. The van der Waals surface area contributed by atoms with Gasteiger partial charge in [-0.05, 0) is 25.1 Å². The van der Waals surface area contributed by atoms with Crippen LogP contribution in [0.25, 0.3) is 0 Å². The lowest BCUT2D eigenvalue weighted by molar-refractivity contribution is -0.384. The van der Waals surface area contributed by atoms with Gasteiger partial charge in [-0.2, -0.15) is 5.10 Å². The predicted molar refractivity (Wildman–Crippen MR) is 75.0 cm³/mol. The van der Waals surface area contributed by atoms with Gasteiger partial charge in [-0.25, -0.2) is 0 Å². The highest BCUT2D eigenvalue weighted by molar-refractivity contribution is 5.68. The molecular weight excluding hydrogens is 260 g/mol. The maximum absolute atomic E-state index is 11.2. The maximum Gasteiger partial charge on any atom is 0.333 e. The lowest BCUT2D eigenvalue weighted by Crippen LogP contribution is -2.22. The average Bonchev–Trinajstić information content (AvgIpc) is 2.90. The summed E-state index contributed by atoms with van der Waals surface area (Å²) in [7, 11) is 1.42. The molecule has 1 atom stereocenters. The molecule has 0 aliphatic rings. The summed E-state index contributed by atoms with van der Waals surface area (Å²) in [6.45, 7) is 2.55. The van der Waals surface area contributed by atoms with E-state index in [1.165, 1.54) is 7.11 Å². The number of para-hydroxylation sites is 1. The second kappa shape index (κ2) is 6.05. The first-order chi connectivity index (χ1) is 9.61. The molecule has 2 rings (SSSR count). The maximum atomic E-state index is 11.2. The molecule has 0 saturated heterocycles. The number of hydrogen-bond donors (Lipinski definition) is 1. The van der Waals surface area contributed by atoms with E-state index < -0.39 is 4.92 Å². The summed E-state index contributed by atoms with van der Waals surface area (Å²) in [6, 6.07) is 6.78. The molecule has 0 amide bonds. The number of nitro benzene ring substituents is 1. The van der Waals surface area contributed by atoms with Crippen molar-refractivity contribution in [2.45, 2.75) is 19.5 Å². The molecule has 106 valence electrons. The summed E-state index contributed by atoms with van der Waals surface area (Å²) in [4.78, 5) is 10.7. The van der Waals surface area contributed by atoms with Crippen LogP contribution in [0.5, 0.6) is 5.75 Å². The van der Waals surface area contributed by atoms with Crippen LogP contribution in [0, 0.1) is 10.1 Å². The van der Waals surface area contributed by atoms with E-state index in [1.807, 2.05) is 19.2 Å². The predicted octanol–water partition coefficient (Wildman–Crippen LogP) is 2.30. The molecule has 0 bridgehead atoms. The number of hydrogen-bond acceptors (Lipinski definition) is 5. The van der Waals surface area contributed by atoms with Crippen LogP contribution in [-0.4, -0.2) is 27.9 Å². The number of rotatable bonds is 6. The lowest BCUT2D eigenvalue weighted by atomic mass is 10.2. The van der Waals surface area contributed by atoms with Crippen LogP contribution in [0.2, 0.25) is 0 Å². The zero-order valence-corrected chi connectivity index (χ0v) is 11.3. The van der Waals surface area contributed by atoms with E-state index in [0.29, 0.717) is 12.2 Å². The number of nitrogens with one attached hydrogen (secondary N) is 1. The van der Waals surface area contributed by atoms with Crippen molar-refractivity contribution in [2.24, 2.45) is 0 Å². The van der Waals surface area contributed by atoms with E-state index in [1.54, 1.807) is 29.1 Å². The molecule has 0 aliphatic heterocycles. The monoisotopic (exact) mass is 276 g/mol. The fourth-order valence-electron chi connectivity index (χ4n) is 1.99. The third-order valence-corrected chi connectivity index (χ3v) is 2.82. The smallest absolute Gasteiger partial charge is 0.333 e. The Labute approximate surface area is 116 Å². The standard InChI is InChI=1S/C13H16N4O3/c1-10(9-16-8-4-7-14-16)15-11-5-3-6-12(20-2)13(11)17(18)19/h3-8,10,15H,9H2,1-2H3. The van der Waals surface area contributed by atoms with E-state index in [2.05, 4.69) is 10.4 Å². The van der Waals surface area contributed by atoms with Crippen molar-refractivity contribution in [3.8, 4) is 5.75 Å². The van der Waals surface area contributed by atoms with Gasteiger partial charge in [0, 0.05) is 18.4 Å². The number of benzene rings is 1. The summed E-state index contributed by atoms with van der Waals surface area (Å²) in [5.41, 5.74) is 0.385. The molecular formula is C13H16N4O3. The number of methoxy groups -OCH3 is 1. The number of ether oxygens (including phenoxy) is 1. The topological polar surface area (TPSA) is 82.2 Å². The van der Waals surface area contributed by atoms with Crippen molar-refractivity contribution in [3.05, 3.63) is 46.8 Å². The zero-order valence-electron chi connectivity index (χ0n) is 11.3. The van der Waals surface area contributed by atoms with Gasteiger partial charge in [0.1, 0.15) is 5.69 Å². The van der Waals surface area contributed by atoms with Gasteiger partial charge in [-0.1, -0.05) is 6.07 Å². The fraction of sp³-hybridized carbons (Fsp3) is 0.308. The van der Waals surface area contributed by atoms with Gasteiger partial charge in [0.2, 0.25) is 0 Å². The van der Waals surface area contributed by atoms with Crippen LogP contribution in [-0.2, 0) is 6.54 Å². The minimum atomic E-state index is -0.443. The van der Waals surface area contributed by atoms with Crippen LogP contribution >= 0.6 is 0 Å². The quantitative estimate of drug-likeness (QED) is 0.646. The van der Waals surface area contributed by atoms with E-state index in [-0.39, 0.29) is 17.5 Å². The molecule has 0 fully saturated rings. The van der Waals surface area contributed by atoms with Crippen LogP contribution < -0.4 is 10.1 Å². The summed E-state index contributed by atoms with van der Waals surface area (Å²) < 4.78 is 6.80. The number of anilines is 1. The Bertz CT molecular complexity index is 583.